The summed E-state index contributed by atoms with van der Waals surface area (Å²) in [6, 6.07) is 17.5. The van der Waals surface area contributed by atoms with Gasteiger partial charge in [0.25, 0.3) is 11.6 Å². The topological polar surface area (TPSA) is 103 Å². The van der Waals surface area contributed by atoms with Crippen molar-refractivity contribution >= 4 is 56.2 Å². The average Bonchev–Trinajstić information content (AvgIpc) is 3.20. The van der Waals surface area contributed by atoms with Crippen LogP contribution < -0.4 is 14.8 Å². The second kappa shape index (κ2) is 11.4. The summed E-state index contributed by atoms with van der Waals surface area (Å²) in [4.78, 5) is 28.1. The third-order valence-electron chi connectivity index (χ3n) is 5.08. The number of non-ortho nitro benzene ring substituents is 1. The molecule has 10 heteroatoms. The third kappa shape index (κ3) is 6.32. The summed E-state index contributed by atoms with van der Waals surface area (Å²) < 4.78 is 12.4. The number of nitro groups is 1. The van der Waals surface area contributed by atoms with E-state index in [0.717, 1.165) is 16.8 Å². The molecule has 1 aliphatic heterocycles. The number of ether oxygens (including phenoxy) is 2. The Hall–Kier alpha value is -3.63. The van der Waals surface area contributed by atoms with Crippen LogP contribution in [-0.4, -0.2) is 22.6 Å². The second-order valence-electron chi connectivity index (χ2n) is 7.79. The van der Waals surface area contributed by atoms with Crippen LogP contribution in [0.25, 0.3) is 6.08 Å². The van der Waals surface area contributed by atoms with Crippen LogP contribution in [0, 0.1) is 17.0 Å². The normalized spacial score (nSPS) is 15.2. The zero-order chi connectivity index (χ0) is 25.7. The van der Waals surface area contributed by atoms with Gasteiger partial charge in [-0.25, -0.2) is 4.99 Å². The number of aryl methyl sites for hydroxylation is 1. The van der Waals surface area contributed by atoms with Crippen molar-refractivity contribution in [2.24, 2.45) is 4.99 Å². The standard InChI is InChI=1S/C26H22BrN3O5S/c1-3-34-22-12-18(13-24-25(31)29-26(36-24)28-19-9-7-16(2)8-10-19)21(27)14-23(22)35-15-17-5-4-6-20(11-17)30(32)33/h4-14H,3,15H2,1-2H3,(H,28,29,31)/b24-13+. The average molecular weight is 568 g/mol. The summed E-state index contributed by atoms with van der Waals surface area (Å²) in [7, 11) is 0. The number of benzene rings is 3. The van der Waals surface area contributed by atoms with Crippen LogP contribution in [0.15, 0.2) is 75.0 Å². The highest BCUT2D eigenvalue weighted by Crippen LogP contribution is 2.37. The summed E-state index contributed by atoms with van der Waals surface area (Å²) in [5, 5.41) is 14.3. The highest BCUT2D eigenvalue weighted by molar-refractivity contribution is 9.10. The van der Waals surface area contributed by atoms with Crippen molar-refractivity contribution in [2.75, 3.05) is 6.61 Å². The molecular weight excluding hydrogens is 546 g/mol. The maximum absolute atomic E-state index is 12.6. The third-order valence-corrected chi connectivity index (χ3v) is 6.68. The van der Waals surface area contributed by atoms with Gasteiger partial charge in [-0.3, -0.25) is 14.9 Å². The number of rotatable bonds is 8. The Labute approximate surface area is 220 Å². The molecular formula is C26H22BrN3O5S. The Morgan fingerprint density at radius 3 is 2.58 bits per heavy atom. The van der Waals surface area contributed by atoms with Crippen molar-refractivity contribution in [1.29, 1.82) is 0 Å². The molecule has 3 aromatic carbocycles. The fourth-order valence-corrected chi connectivity index (χ4v) is 4.59. The number of aliphatic imine (C=N–C) groups is 1. The number of amidine groups is 1. The minimum absolute atomic E-state index is 0.00177. The van der Waals surface area contributed by atoms with Crippen molar-refractivity contribution < 1.29 is 19.2 Å². The molecule has 1 saturated heterocycles. The number of amides is 1. The fourth-order valence-electron chi connectivity index (χ4n) is 3.32. The quantitative estimate of drug-likeness (QED) is 0.188. The van der Waals surface area contributed by atoms with Gasteiger partial charge in [0.15, 0.2) is 16.7 Å². The molecule has 0 aromatic heterocycles. The predicted molar refractivity (Wildman–Crippen MR) is 145 cm³/mol. The molecule has 1 N–H and O–H groups in total. The number of nitrogens with zero attached hydrogens (tertiary/aromatic N) is 2. The molecule has 0 radical (unpaired) electrons. The van der Waals surface area contributed by atoms with E-state index >= 15 is 0 Å². The number of hydrogen-bond acceptors (Lipinski definition) is 7. The number of carbonyl (C=O) groups is 1. The van der Waals surface area contributed by atoms with Gasteiger partial charge in [0.2, 0.25) is 0 Å². The molecule has 0 atom stereocenters. The molecule has 1 heterocycles. The van der Waals surface area contributed by atoms with E-state index in [-0.39, 0.29) is 18.2 Å². The van der Waals surface area contributed by atoms with Gasteiger partial charge in [0.05, 0.1) is 22.1 Å². The van der Waals surface area contributed by atoms with Gasteiger partial charge in [-0.1, -0.05) is 45.8 Å². The van der Waals surface area contributed by atoms with Gasteiger partial charge in [-0.2, -0.15) is 0 Å². The van der Waals surface area contributed by atoms with Crippen LogP contribution in [0.2, 0.25) is 0 Å². The fraction of sp³-hybridized carbons (Fsp3) is 0.154. The van der Waals surface area contributed by atoms with Crippen molar-refractivity contribution in [3.05, 3.63) is 96.8 Å². The molecule has 3 aromatic rings. The van der Waals surface area contributed by atoms with E-state index in [1.54, 1.807) is 30.3 Å². The van der Waals surface area contributed by atoms with E-state index in [2.05, 4.69) is 26.2 Å². The van der Waals surface area contributed by atoms with Crippen molar-refractivity contribution in [2.45, 2.75) is 20.5 Å². The molecule has 8 nitrogen and oxygen atoms in total. The molecule has 4 rings (SSSR count). The Bertz CT molecular complexity index is 1370. The van der Waals surface area contributed by atoms with Gasteiger partial charge < -0.3 is 14.8 Å². The highest BCUT2D eigenvalue weighted by atomic mass is 79.9. The maximum Gasteiger partial charge on any atom is 0.269 e. The molecule has 0 spiro atoms. The van der Waals surface area contributed by atoms with Crippen molar-refractivity contribution in [3.8, 4) is 11.5 Å². The lowest BCUT2D eigenvalue weighted by Gasteiger charge is -2.14. The SMILES string of the molecule is CCOc1cc(/C=C2/SC(=Nc3ccc(C)cc3)NC2=O)c(Br)cc1OCc1cccc([N+](=O)[O-])c1. The first-order valence-electron chi connectivity index (χ1n) is 11.0. The summed E-state index contributed by atoms with van der Waals surface area (Å²) >= 11 is 4.81. The zero-order valence-corrected chi connectivity index (χ0v) is 21.9. The maximum atomic E-state index is 12.6. The van der Waals surface area contributed by atoms with E-state index in [1.807, 2.05) is 38.1 Å². The van der Waals surface area contributed by atoms with Gasteiger partial charge in [-0.15, -0.1) is 0 Å². The monoisotopic (exact) mass is 567 g/mol. The van der Waals surface area contributed by atoms with E-state index in [0.29, 0.717) is 38.2 Å². The molecule has 0 bridgehead atoms. The molecule has 184 valence electrons. The van der Waals surface area contributed by atoms with Gasteiger partial charge in [-0.05, 0) is 67.1 Å². The summed E-state index contributed by atoms with van der Waals surface area (Å²) in [5.74, 6) is 0.735. The summed E-state index contributed by atoms with van der Waals surface area (Å²) in [5.41, 5.74) is 3.29. The minimum atomic E-state index is -0.442. The number of thioether (sulfide) groups is 1. The Kier molecular flexibility index (Phi) is 8.07. The van der Waals surface area contributed by atoms with Crippen LogP contribution >= 0.6 is 27.7 Å². The van der Waals surface area contributed by atoms with Crippen LogP contribution in [0.5, 0.6) is 11.5 Å². The predicted octanol–water partition coefficient (Wildman–Crippen LogP) is 6.54. The molecule has 36 heavy (non-hydrogen) atoms. The van der Waals surface area contributed by atoms with Crippen LogP contribution in [0.1, 0.15) is 23.6 Å². The van der Waals surface area contributed by atoms with E-state index < -0.39 is 4.92 Å². The Morgan fingerprint density at radius 2 is 1.86 bits per heavy atom. The van der Waals surface area contributed by atoms with Crippen LogP contribution in [0.4, 0.5) is 11.4 Å². The highest BCUT2D eigenvalue weighted by Gasteiger charge is 2.24. The molecule has 1 aliphatic rings. The number of hydrogen-bond donors (Lipinski definition) is 1. The van der Waals surface area contributed by atoms with Crippen LogP contribution in [0.3, 0.4) is 0 Å². The van der Waals surface area contributed by atoms with E-state index in [1.165, 1.54) is 23.9 Å². The summed E-state index contributed by atoms with van der Waals surface area (Å²) in [6.45, 7) is 4.40. The van der Waals surface area contributed by atoms with Gasteiger partial charge in [0, 0.05) is 16.6 Å². The summed E-state index contributed by atoms with van der Waals surface area (Å²) in [6.07, 6.45) is 1.76. The van der Waals surface area contributed by atoms with Gasteiger partial charge >= 0.3 is 0 Å². The molecule has 0 unspecified atom stereocenters. The zero-order valence-electron chi connectivity index (χ0n) is 19.5. The molecule has 1 fully saturated rings. The minimum Gasteiger partial charge on any atom is -0.490 e. The largest absolute Gasteiger partial charge is 0.490 e. The Balaban J connectivity index is 1.55. The first-order chi connectivity index (χ1) is 17.3. The van der Waals surface area contributed by atoms with E-state index in [9.17, 15) is 14.9 Å². The lowest BCUT2D eigenvalue weighted by molar-refractivity contribution is -0.384. The number of nitro benzene ring substituents is 1. The molecule has 1 amide bonds. The number of nitrogens with one attached hydrogen (secondary N) is 1. The van der Waals surface area contributed by atoms with Crippen LogP contribution in [-0.2, 0) is 11.4 Å². The first-order valence-corrected chi connectivity index (χ1v) is 12.6. The van der Waals surface area contributed by atoms with Crippen molar-refractivity contribution in [3.63, 3.8) is 0 Å². The lowest BCUT2D eigenvalue weighted by Crippen LogP contribution is -2.19. The second-order valence-corrected chi connectivity index (χ2v) is 9.67. The number of carbonyl (C=O) groups excluding carboxylic acids is 1. The molecule has 0 aliphatic carbocycles. The first kappa shape index (κ1) is 25.5. The van der Waals surface area contributed by atoms with Crippen molar-refractivity contribution in [1.82, 2.24) is 5.32 Å². The molecule has 0 saturated carbocycles. The number of halogens is 1. The smallest absolute Gasteiger partial charge is 0.269 e. The lowest BCUT2D eigenvalue weighted by atomic mass is 10.1. The Morgan fingerprint density at radius 1 is 1.11 bits per heavy atom. The van der Waals surface area contributed by atoms with Gasteiger partial charge in [0.1, 0.15) is 6.61 Å². The van der Waals surface area contributed by atoms with E-state index in [4.69, 9.17) is 9.47 Å².